The van der Waals surface area contributed by atoms with Gasteiger partial charge in [0.25, 0.3) is 6.01 Å². The van der Waals surface area contributed by atoms with Crippen LogP contribution in [0.15, 0.2) is 48.8 Å². The highest BCUT2D eigenvalue weighted by Gasteiger charge is 2.27. The molecule has 1 aromatic carbocycles. The molecule has 4 aromatic rings. The van der Waals surface area contributed by atoms with E-state index in [4.69, 9.17) is 16.3 Å². The Morgan fingerprint density at radius 1 is 1.09 bits per heavy atom. The van der Waals surface area contributed by atoms with Crippen LogP contribution in [0.2, 0.25) is 5.02 Å². The summed E-state index contributed by atoms with van der Waals surface area (Å²) < 4.78 is 6.00. The molecule has 3 heterocycles. The first-order valence-electron chi connectivity index (χ1n) is 11.6. The zero-order valence-electron chi connectivity index (χ0n) is 19.5. The highest BCUT2D eigenvalue weighted by atomic mass is 35.5. The Bertz CT molecular complexity index is 1360. The fraction of sp³-hybridized carbons (Fsp3) is 0.308. The van der Waals surface area contributed by atoms with Crippen molar-refractivity contribution in [1.82, 2.24) is 19.9 Å². The molecule has 180 valence electrons. The van der Waals surface area contributed by atoms with Crippen LogP contribution in [0.4, 0.5) is 5.69 Å². The van der Waals surface area contributed by atoms with Crippen LogP contribution in [0.25, 0.3) is 33.5 Å². The molecule has 8 nitrogen and oxygen atoms in total. The fourth-order valence-corrected chi connectivity index (χ4v) is 4.81. The number of aliphatic carboxylic acids is 1. The molecule has 3 aromatic heterocycles. The van der Waals surface area contributed by atoms with Gasteiger partial charge in [-0.1, -0.05) is 35.9 Å². The van der Waals surface area contributed by atoms with Crippen molar-refractivity contribution in [3.63, 3.8) is 0 Å². The Labute approximate surface area is 208 Å². The van der Waals surface area contributed by atoms with E-state index in [1.807, 2.05) is 50.6 Å². The van der Waals surface area contributed by atoms with Crippen molar-refractivity contribution in [2.75, 3.05) is 19.0 Å². The average Bonchev–Trinajstić information content (AvgIpc) is 3.24. The minimum Gasteiger partial charge on any atom is -0.481 e. The SMILES string of the molecule is CN(C)c1ccncc1-c1ccc(-c2nc3nc(OC4CCC(C(=O)O)CC4)[nH]c3cc2Cl)cc1. The summed E-state index contributed by atoms with van der Waals surface area (Å²) in [6.45, 7) is 0. The van der Waals surface area contributed by atoms with Gasteiger partial charge in [0.1, 0.15) is 6.10 Å². The lowest BCUT2D eigenvalue weighted by molar-refractivity contribution is -0.143. The molecule has 0 spiro atoms. The lowest BCUT2D eigenvalue weighted by Gasteiger charge is -2.25. The van der Waals surface area contributed by atoms with Crippen LogP contribution in [-0.2, 0) is 4.79 Å². The third kappa shape index (κ3) is 4.79. The van der Waals surface area contributed by atoms with Gasteiger partial charge < -0.3 is 19.7 Å². The molecule has 2 N–H and O–H groups in total. The summed E-state index contributed by atoms with van der Waals surface area (Å²) in [7, 11) is 4.02. The van der Waals surface area contributed by atoms with E-state index < -0.39 is 5.97 Å². The molecule has 1 fully saturated rings. The predicted octanol–water partition coefficient (Wildman–Crippen LogP) is 5.43. The fourth-order valence-electron chi connectivity index (χ4n) is 4.55. The number of nitrogens with one attached hydrogen (secondary N) is 1. The lowest BCUT2D eigenvalue weighted by Crippen LogP contribution is -2.28. The number of benzene rings is 1. The minimum absolute atomic E-state index is 0.0619. The van der Waals surface area contributed by atoms with Gasteiger partial charge >= 0.3 is 5.97 Å². The van der Waals surface area contributed by atoms with Crippen molar-refractivity contribution in [1.29, 1.82) is 0 Å². The number of halogens is 1. The topological polar surface area (TPSA) is 104 Å². The van der Waals surface area contributed by atoms with Gasteiger partial charge in [-0.3, -0.25) is 9.78 Å². The van der Waals surface area contributed by atoms with Gasteiger partial charge in [0.2, 0.25) is 0 Å². The first-order chi connectivity index (χ1) is 16.9. The third-order valence-electron chi connectivity index (χ3n) is 6.46. The number of carbonyl (C=O) groups is 1. The summed E-state index contributed by atoms with van der Waals surface area (Å²) in [5, 5.41) is 9.69. The van der Waals surface area contributed by atoms with Crippen molar-refractivity contribution < 1.29 is 14.6 Å². The molecule has 9 heteroatoms. The molecule has 0 bridgehead atoms. The molecule has 5 rings (SSSR count). The number of aromatic amines is 1. The molecule has 1 saturated carbocycles. The Balaban J connectivity index is 1.37. The first-order valence-corrected chi connectivity index (χ1v) is 11.9. The van der Waals surface area contributed by atoms with Crippen molar-refractivity contribution in [3.05, 3.63) is 53.8 Å². The summed E-state index contributed by atoms with van der Waals surface area (Å²) in [5.74, 6) is -1.02. The van der Waals surface area contributed by atoms with E-state index in [0.29, 0.717) is 53.6 Å². The molecule has 0 radical (unpaired) electrons. The second kappa shape index (κ2) is 9.54. The van der Waals surface area contributed by atoms with Gasteiger partial charge in [0, 0.05) is 43.3 Å². The van der Waals surface area contributed by atoms with E-state index in [0.717, 1.165) is 22.4 Å². The van der Waals surface area contributed by atoms with Crippen LogP contribution in [0, 0.1) is 5.92 Å². The maximum Gasteiger partial charge on any atom is 0.306 e. The lowest BCUT2D eigenvalue weighted by atomic mass is 9.87. The average molecular weight is 492 g/mol. The number of H-pyrrole nitrogens is 1. The van der Waals surface area contributed by atoms with Crippen molar-refractivity contribution in [3.8, 4) is 28.4 Å². The molecule has 1 aliphatic rings. The molecule has 0 unspecified atom stereocenters. The number of pyridine rings is 2. The minimum atomic E-state index is -0.731. The summed E-state index contributed by atoms with van der Waals surface area (Å²) >= 11 is 6.58. The number of aromatic nitrogens is 4. The summed E-state index contributed by atoms with van der Waals surface area (Å²) in [6, 6.07) is 12.2. The van der Waals surface area contributed by atoms with E-state index in [2.05, 4.69) is 24.8 Å². The van der Waals surface area contributed by atoms with Gasteiger partial charge in [0.05, 0.1) is 22.2 Å². The van der Waals surface area contributed by atoms with Gasteiger partial charge in [-0.05, 0) is 43.4 Å². The molecular formula is C26H26ClN5O3. The van der Waals surface area contributed by atoms with E-state index in [9.17, 15) is 9.90 Å². The number of fused-ring (bicyclic) bond motifs is 1. The number of hydrogen-bond donors (Lipinski definition) is 2. The number of ether oxygens (including phenoxy) is 1. The molecular weight excluding hydrogens is 466 g/mol. The zero-order valence-corrected chi connectivity index (χ0v) is 20.3. The van der Waals surface area contributed by atoms with E-state index >= 15 is 0 Å². The summed E-state index contributed by atoms with van der Waals surface area (Å²) in [4.78, 5) is 29.8. The third-order valence-corrected chi connectivity index (χ3v) is 6.74. The van der Waals surface area contributed by atoms with Gasteiger partial charge in [-0.2, -0.15) is 4.98 Å². The molecule has 0 atom stereocenters. The van der Waals surface area contributed by atoms with Gasteiger partial charge in [-0.25, -0.2) is 4.98 Å². The van der Waals surface area contributed by atoms with Crippen LogP contribution < -0.4 is 9.64 Å². The number of anilines is 1. The maximum absolute atomic E-state index is 11.2. The maximum atomic E-state index is 11.2. The van der Waals surface area contributed by atoms with Crippen LogP contribution in [0.5, 0.6) is 6.01 Å². The summed E-state index contributed by atoms with van der Waals surface area (Å²) in [6.07, 6.45) is 6.18. The van der Waals surface area contributed by atoms with Crippen molar-refractivity contribution in [2.24, 2.45) is 5.92 Å². The Hall–Kier alpha value is -3.65. The second-order valence-electron chi connectivity index (χ2n) is 9.03. The highest BCUT2D eigenvalue weighted by Crippen LogP contribution is 2.34. The smallest absolute Gasteiger partial charge is 0.306 e. The molecule has 0 aliphatic heterocycles. The number of carboxylic acids is 1. The Kier molecular flexibility index (Phi) is 6.30. The largest absolute Gasteiger partial charge is 0.481 e. The van der Waals surface area contributed by atoms with Crippen LogP contribution in [0.3, 0.4) is 0 Å². The molecule has 1 aliphatic carbocycles. The monoisotopic (exact) mass is 491 g/mol. The number of nitrogens with zero attached hydrogens (tertiary/aromatic N) is 4. The highest BCUT2D eigenvalue weighted by molar-refractivity contribution is 6.33. The van der Waals surface area contributed by atoms with Crippen molar-refractivity contribution >= 4 is 34.4 Å². The standard InChI is InChI=1S/C26H26ClN5O3/c1-32(2)22-11-12-28-14-19(22)15-3-5-16(6-4-15)23-20(27)13-21-24(30-23)31-26(29-21)35-18-9-7-17(8-10-18)25(33)34/h3-6,11-14,17-18H,7-10H2,1-2H3,(H,33,34)(H,29,30,31). The van der Waals surface area contributed by atoms with Crippen LogP contribution in [-0.4, -0.2) is 51.2 Å². The number of hydrogen-bond acceptors (Lipinski definition) is 6. The number of carboxylic acid groups (broad SMARTS) is 1. The van der Waals surface area contributed by atoms with E-state index in [1.54, 1.807) is 12.3 Å². The normalized spacial score (nSPS) is 17.9. The molecule has 0 saturated heterocycles. The number of rotatable bonds is 6. The predicted molar refractivity (Wildman–Crippen MR) is 136 cm³/mol. The second-order valence-corrected chi connectivity index (χ2v) is 9.43. The molecule has 35 heavy (non-hydrogen) atoms. The molecule has 0 amide bonds. The van der Waals surface area contributed by atoms with Crippen LogP contribution in [0.1, 0.15) is 25.7 Å². The number of imidazole rings is 1. The van der Waals surface area contributed by atoms with E-state index in [-0.39, 0.29) is 12.0 Å². The van der Waals surface area contributed by atoms with Crippen molar-refractivity contribution in [2.45, 2.75) is 31.8 Å². The Morgan fingerprint density at radius 2 is 1.80 bits per heavy atom. The van der Waals surface area contributed by atoms with Gasteiger partial charge in [-0.15, -0.1) is 0 Å². The Morgan fingerprint density at radius 3 is 2.49 bits per heavy atom. The van der Waals surface area contributed by atoms with Gasteiger partial charge in [0.15, 0.2) is 5.65 Å². The quantitative estimate of drug-likeness (QED) is 0.370. The first kappa shape index (κ1) is 23.1. The zero-order chi connectivity index (χ0) is 24.5. The van der Waals surface area contributed by atoms with Crippen LogP contribution >= 0.6 is 11.6 Å². The summed E-state index contributed by atoms with van der Waals surface area (Å²) in [5.41, 5.74) is 5.92. The van der Waals surface area contributed by atoms with E-state index in [1.165, 1.54) is 0 Å².